The van der Waals surface area contributed by atoms with Crippen LogP contribution in [0, 0.1) is 11.8 Å². The van der Waals surface area contributed by atoms with Gasteiger partial charge in [-0.05, 0) is 11.6 Å². The number of rotatable bonds is 3. The van der Waals surface area contributed by atoms with Crippen molar-refractivity contribution < 1.29 is 9.90 Å². The lowest BCUT2D eigenvalue weighted by molar-refractivity contribution is 0.0779. The summed E-state index contributed by atoms with van der Waals surface area (Å²) in [4.78, 5) is 17.9. The van der Waals surface area contributed by atoms with Crippen LogP contribution in [0.25, 0.3) is 0 Å². The zero-order valence-corrected chi connectivity index (χ0v) is 12.1. The first-order valence-corrected chi connectivity index (χ1v) is 6.53. The predicted molar refractivity (Wildman–Crippen MR) is 79.4 cm³/mol. The number of aryl methyl sites for hydroxylation is 1. The molecule has 0 radical (unpaired) electrons. The van der Waals surface area contributed by atoms with Crippen molar-refractivity contribution in [2.45, 2.75) is 6.54 Å². The van der Waals surface area contributed by atoms with Gasteiger partial charge in [0.2, 0.25) is 0 Å². The molecule has 2 aromatic rings. The summed E-state index contributed by atoms with van der Waals surface area (Å²) in [5.41, 5.74) is 2.16. The van der Waals surface area contributed by atoms with E-state index in [1.54, 1.807) is 29.0 Å². The number of carbonyl (C=O) groups excluding carboxylic acids is 1. The van der Waals surface area contributed by atoms with Crippen LogP contribution < -0.4 is 0 Å². The highest BCUT2D eigenvalue weighted by atomic mass is 16.2. The number of imidazole rings is 1. The lowest BCUT2D eigenvalue weighted by Crippen LogP contribution is -2.26. The summed E-state index contributed by atoms with van der Waals surface area (Å²) in [6.07, 6.45) is 3.29. The van der Waals surface area contributed by atoms with Crippen molar-refractivity contribution in [3.8, 4) is 11.8 Å². The highest BCUT2D eigenvalue weighted by Gasteiger charge is 2.15. The number of aliphatic hydroxyl groups is 1. The minimum Gasteiger partial charge on any atom is -0.384 e. The molecule has 1 heterocycles. The van der Waals surface area contributed by atoms with E-state index in [4.69, 9.17) is 5.11 Å². The van der Waals surface area contributed by atoms with Crippen molar-refractivity contribution >= 4 is 5.91 Å². The van der Waals surface area contributed by atoms with E-state index in [1.165, 1.54) is 0 Å². The molecule has 1 aromatic heterocycles. The molecular formula is C16H17N3O2. The molecule has 1 aromatic carbocycles. The largest absolute Gasteiger partial charge is 0.384 e. The fraction of sp³-hybridized carbons (Fsp3) is 0.250. The van der Waals surface area contributed by atoms with Gasteiger partial charge in [0, 0.05) is 32.4 Å². The van der Waals surface area contributed by atoms with Crippen molar-refractivity contribution in [1.82, 2.24) is 14.5 Å². The molecular weight excluding hydrogens is 266 g/mol. The molecule has 0 saturated carbocycles. The van der Waals surface area contributed by atoms with Crippen LogP contribution >= 0.6 is 0 Å². The summed E-state index contributed by atoms with van der Waals surface area (Å²) in [5, 5.41) is 8.79. The fourth-order valence-electron chi connectivity index (χ4n) is 1.96. The second-order valence-corrected chi connectivity index (χ2v) is 4.70. The van der Waals surface area contributed by atoms with E-state index in [-0.39, 0.29) is 12.5 Å². The molecule has 0 aliphatic rings. The molecule has 0 bridgehead atoms. The van der Waals surface area contributed by atoms with Crippen molar-refractivity contribution in [3.05, 3.63) is 53.6 Å². The first kappa shape index (κ1) is 14.8. The van der Waals surface area contributed by atoms with Gasteiger partial charge in [-0.15, -0.1) is 0 Å². The molecule has 0 spiro atoms. The van der Waals surface area contributed by atoms with E-state index >= 15 is 0 Å². The predicted octanol–water partition coefficient (Wildman–Crippen LogP) is 1.04. The van der Waals surface area contributed by atoms with Crippen LogP contribution in [0.4, 0.5) is 0 Å². The van der Waals surface area contributed by atoms with Gasteiger partial charge in [-0.1, -0.05) is 30.0 Å². The lowest BCUT2D eigenvalue weighted by Gasteiger charge is -2.17. The molecule has 21 heavy (non-hydrogen) atoms. The molecule has 0 fully saturated rings. The Kier molecular flexibility index (Phi) is 4.75. The summed E-state index contributed by atoms with van der Waals surface area (Å²) in [6.45, 7) is 0.253. The van der Waals surface area contributed by atoms with Gasteiger partial charge in [-0.2, -0.15) is 0 Å². The van der Waals surface area contributed by atoms with E-state index in [0.717, 1.165) is 11.1 Å². The fourth-order valence-corrected chi connectivity index (χ4v) is 1.96. The van der Waals surface area contributed by atoms with E-state index in [0.29, 0.717) is 12.2 Å². The number of amides is 1. The molecule has 108 valence electrons. The minimum absolute atomic E-state index is 0.138. The number of hydrogen-bond donors (Lipinski definition) is 1. The van der Waals surface area contributed by atoms with Gasteiger partial charge in [0.1, 0.15) is 12.3 Å². The average Bonchev–Trinajstić information content (AvgIpc) is 2.92. The molecule has 0 saturated heterocycles. The van der Waals surface area contributed by atoms with Crippen LogP contribution in [0.1, 0.15) is 21.6 Å². The molecule has 1 amide bonds. The Balaban J connectivity index is 2.16. The highest BCUT2D eigenvalue weighted by molar-refractivity contribution is 5.91. The quantitative estimate of drug-likeness (QED) is 0.856. The zero-order valence-electron chi connectivity index (χ0n) is 12.1. The third-order valence-electron chi connectivity index (χ3n) is 3.00. The maximum Gasteiger partial charge on any atom is 0.274 e. The van der Waals surface area contributed by atoms with Gasteiger partial charge in [0.15, 0.2) is 0 Å². The van der Waals surface area contributed by atoms with Crippen molar-refractivity contribution in [2.75, 3.05) is 13.7 Å². The Morgan fingerprint density at radius 1 is 1.43 bits per heavy atom. The monoisotopic (exact) mass is 283 g/mol. The summed E-state index contributed by atoms with van der Waals surface area (Å²) < 4.78 is 1.74. The molecule has 5 heteroatoms. The van der Waals surface area contributed by atoms with Crippen molar-refractivity contribution in [2.24, 2.45) is 7.05 Å². The van der Waals surface area contributed by atoms with Crippen LogP contribution in [0.5, 0.6) is 0 Å². The standard InChI is InChI=1S/C16H17N3O2/c1-18-11-15(17-12-18)16(21)19(2)10-14-7-4-3-6-13(14)8-5-9-20/h3-4,6-7,11-12,20H,9-10H2,1-2H3. The lowest BCUT2D eigenvalue weighted by atomic mass is 10.1. The average molecular weight is 283 g/mol. The summed E-state index contributed by atoms with van der Waals surface area (Å²) in [7, 11) is 3.55. The second kappa shape index (κ2) is 6.73. The van der Waals surface area contributed by atoms with Crippen molar-refractivity contribution in [3.63, 3.8) is 0 Å². The van der Waals surface area contributed by atoms with Gasteiger partial charge in [-0.3, -0.25) is 4.79 Å². The molecule has 0 atom stereocenters. The number of aromatic nitrogens is 2. The van der Waals surface area contributed by atoms with Crippen LogP contribution in [0.3, 0.4) is 0 Å². The Morgan fingerprint density at radius 3 is 2.86 bits per heavy atom. The SMILES string of the molecule is CN(Cc1ccccc1C#CCO)C(=O)c1cn(C)cn1. The first-order chi connectivity index (χ1) is 10.1. The normalized spacial score (nSPS) is 9.86. The van der Waals surface area contributed by atoms with Gasteiger partial charge < -0.3 is 14.6 Å². The van der Waals surface area contributed by atoms with Gasteiger partial charge in [0.05, 0.1) is 6.33 Å². The summed E-state index contributed by atoms with van der Waals surface area (Å²) >= 11 is 0. The Labute approximate surface area is 123 Å². The number of benzene rings is 1. The van der Waals surface area contributed by atoms with E-state index in [2.05, 4.69) is 16.8 Å². The van der Waals surface area contributed by atoms with Crippen LogP contribution in [0.15, 0.2) is 36.8 Å². The van der Waals surface area contributed by atoms with Crippen LogP contribution in [-0.4, -0.2) is 39.1 Å². The number of aliphatic hydroxyl groups excluding tert-OH is 1. The third kappa shape index (κ3) is 3.71. The van der Waals surface area contributed by atoms with E-state index in [9.17, 15) is 4.79 Å². The first-order valence-electron chi connectivity index (χ1n) is 6.53. The third-order valence-corrected chi connectivity index (χ3v) is 3.00. The Hall–Kier alpha value is -2.58. The minimum atomic E-state index is -0.183. The molecule has 0 unspecified atom stereocenters. The number of carbonyl (C=O) groups is 1. The Morgan fingerprint density at radius 2 is 2.19 bits per heavy atom. The van der Waals surface area contributed by atoms with Crippen LogP contribution in [-0.2, 0) is 13.6 Å². The molecule has 2 rings (SSSR count). The van der Waals surface area contributed by atoms with Gasteiger partial charge >= 0.3 is 0 Å². The second-order valence-electron chi connectivity index (χ2n) is 4.70. The summed E-state index contributed by atoms with van der Waals surface area (Å²) in [6, 6.07) is 7.57. The molecule has 5 nitrogen and oxygen atoms in total. The molecule has 0 aliphatic carbocycles. The smallest absolute Gasteiger partial charge is 0.274 e. The topological polar surface area (TPSA) is 58.4 Å². The van der Waals surface area contributed by atoms with Crippen LogP contribution in [0.2, 0.25) is 0 Å². The number of nitrogens with zero attached hydrogens (tertiary/aromatic N) is 3. The maximum absolute atomic E-state index is 12.3. The maximum atomic E-state index is 12.3. The van der Waals surface area contributed by atoms with Gasteiger partial charge in [-0.25, -0.2) is 4.98 Å². The molecule has 0 aliphatic heterocycles. The number of hydrogen-bond acceptors (Lipinski definition) is 3. The van der Waals surface area contributed by atoms with Gasteiger partial charge in [0.25, 0.3) is 5.91 Å². The summed E-state index contributed by atoms with van der Waals surface area (Å²) in [5.74, 6) is 5.38. The van der Waals surface area contributed by atoms with E-state index in [1.807, 2.05) is 31.3 Å². The van der Waals surface area contributed by atoms with E-state index < -0.39 is 0 Å². The highest BCUT2D eigenvalue weighted by Crippen LogP contribution is 2.11. The zero-order chi connectivity index (χ0) is 15.2. The Bertz CT molecular complexity index is 695. The van der Waals surface area contributed by atoms with Crippen molar-refractivity contribution in [1.29, 1.82) is 0 Å². The molecule has 1 N–H and O–H groups in total.